The smallest absolute Gasteiger partial charge is 0.00965 e. The molecule has 1 aliphatic carbocycles. The molecule has 1 N–H and O–H groups in total. The van der Waals surface area contributed by atoms with Crippen LogP contribution >= 0.6 is 0 Å². The molecule has 0 unspecified atom stereocenters. The molecule has 0 bridgehead atoms. The van der Waals surface area contributed by atoms with Gasteiger partial charge in [0.15, 0.2) is 0 Å². The van der Waals surface area contributed by atoms with Gasteiger partial charge in [-0.1, -0.05) is 19.3 Å². The van der Waals surface area contributed by atoms with E-state index in [1.807, 2.05) is 0 Å². The fourth-order valence-electron chi connectivity index (χ4n) is 2.53. The lowest BCUT2D eigenvalue weighted by Crippen LogP contribution is -2.36. The van der Waals surface area contributed by atoms with Crippen LogP contribution in [0.25, 0.3) is 0 Å². The van der Waals surface area contributed by atoms with E-state index in [0.717, 1.165) is 5.92 Å². The quantitative estimate of drug-likeness (QED) is 0.632. The number of rotatable bonds is 9. The Labute approximate surface area is 115 Å². The molecule has 1 aliphatic rings. The minimum Gasteiger partial charge on any atom is -0.312 e. The number of hydrogen-bond donors (Lipinski definition) is 1. The van der Waals surface area contributed by atoms with Gasteiger partial charge in [0.2, 0.25) is 0 Å². The summed E-state index contributed by atoms with van der Waals surface area (Å²) in [5.41, 5.74) is 0.281. The molecule has 0 aromatic rings. The maximum Gasteiger partial charge on any atom is 0.00965 e. The zero-order valence-corrected chi connectivity index (χ0v) is 13.1. The molecule has 0 aromatic carbocycles. The molecule has 0 aliphatic heterocycles. The highest BCUT2D eigenvalue weighted by Gasteiger charge is 2.18. The molecular formula is C16H34N2. The summed E-state index contributed by atoms with van der Waals surface area (Å²) in [5, 5.41) is 3.55. The zero-order valence-electron chi connectivity index (χ0n) is 13.1. The Morgan fingerprint density at radius 2 is 1.72 bits per heavy atom. The Bertz CT molecular complexity index is 204. The predicted molar refractivity (Wildman–Crippen MR) is 81.1 cm³/mol. The summed E-state index contributed by atoms with van der Waals surface area (Å²) in [4.78, 5) is 2.54. The average Bonchev–Trinajstić information content (AvgIpc) is 2.20. The van der Waals surface area contributed by atoms with E-state index in [1.165, 1.54) is 64.6 Å². The third kappa shape index (κ3) is 8.10. The van der Waals surface area contributed by atoms with Gasteiger partial charge in [-0.15, -0.1) is 0 Å². The summed E-state index contributed by atoms with van der Waals surface area (Å²) < 4.78 is 0. The Hall–Kier alpha value is -0.0800. The van der Waals surface area contributed by atoms with Crippen LogP contribution in [0.1, 0.15) is 65.7 Å². The second-order valence-electron chi connectivity index (χ2n) is 7.15. The minimum absolute atomic E-state index is 0.281. The van der Waals surface area contributed by atoms with E-state index < -0.39 is 0 Å². The van der Waals surface area contributed by atoms with Gasteiger partial charge in [-0.25, -0.2) is 0 Å². The van der Waals surface area contributed by atoms with Gasteiger partial charge >= 0.3 is 0 Å². The maximum absolute atomic E-state index is 3.55. The van der Waals surface area contributed by atoms with Crippen LogP contribution in [0.2, 0.25) is 0 Å². The van der Waals surface area contributed by atoms with Crippen molar-refractivity contribution in [3.05, 3.63) is 0 Å². The van der Waals surface area contributed by atoms with Crippen molar-refractivity contribution in [1.82, 2.24) is 10.2 Å². The fourth-order valence-corrected chi connectivity index (χ4v) is 2.53. The minimum atomic E-state index is 0.281. The van der Waals surface area contributed by atoms with Gasteiger partial charge in [-0.3, -0.25) is 0 Å². The second-order valence-corrected chi connectivity index (χ2v) is 7.15. The van der Waals surface area contributed by atoms with Crippen molar-refractivity contribution in [2.24, 2.45) is 5.92 Å². The van der Waals surface area contributed by atoms with Crippen LogP contribution in [0.3, 0.4) is 0 Å². The lowest BCUT2D eigenvalue weighted by Gasteiger charge is -2.30. The summed E-state index contributed by atoms with van der Waals surface area (Å²) in [7, 11) is 2.29. The molecule has 108 valence electrons. The van der Waals surface area contributed by atoms with Gasteiger partial charge in [0.1, 0.15) is 0 Å². The van der Waals surface area contributed by atoms with E-state index in [1.54, 1.807) is 0 Å². The van der Waals surface area contributed by atoms with Crippen LogP contribution in [0, 0.1) is 5.92 Å². The number of unbranched alkanes of at least 4 members (excludes halogenated alkanes) is 3. The third-order valence-electron chi connectivity index (χ3n) is 3.92. The van der Waals surface area contributed by atoms with Gasteiger partial charge in [0.25, 0.3) is 0 Å². The van der Waals surface area contributed by atoms with Gasteiger partial charge in [-0.05, 0) is 72.5 Å². The summed E-state index contributed by atoms with van der Waals surface area (Å²) in [6.07, 6.45) is 9.88. The third-order valence-corrected chi connectivity index (χ3v) is 3.92. The van der Waals surface area contributed by atoms with Crippen LogP contribution in [0.4, 0.5) is 0 Å². The zero-order chi connectivity index (χ0) is 13.4. The molecular weight excluding hydrogens is 220 g/mol. The molecule has 0 saturated heterocycles. The van der Waals surface area contributed by atoms with Crippen LogP contribution in [0.15, 0.2) is 0 Å². The van der Waals surface area contributed by atoms with E-state index in [-0.39, 0.29) is 5.54 Å². The number of hydrogen-bond acceptors (Lipinski definition) is 2. The fraction of sp³-hybridized carbons (Fsp3) is 1.00. The lowest BCUT2D eigenvalue weighted by atomic mass is 9.85. The molecule has 1 rings (SSSR count). The molecule has 1 fully saturated rings. The predicted octanol–water partition coefficient (Wildman–Crippen LogP) is 3.67. The first-order valence-electron chi connectivity index (χ1n) is 7.91. The topological polar surface area (TPSA) is 15.3 Å². The molecule has 0 heterocycles. The molecule has 18 heavy (non-hydrogen) atoms. The number of nitrogens with one attached hydrogen (secondary N) is 1. The van der Waals surface area contributed by atoms with Crippen molar-refractivity contribution < 1.29 is 0 Å². The summed E-state index contributed by atoms with van der Waals surface area (Å²) in [6, 6.07) is 0. The van der Waals surface area contributed by atoms with Crippen molar-refractivity contribution in [1.29, 1.82) is 0 Å². The molecule has 1 saturated carbocycles. The highest BCUT2D eigenvalue weighted by Crippen LogP contribution is 2.26. The van der Waals surface area contributed by atoms with Crippen LogP contribution in [0.5, 0.6) is 0 Å². The highest BCUT2D eigenvalue weighted by molar-refractivity contribution is 4.72. The Kier molecular flexibility index (Phi) is 7.25. The van der Waals surface area contributed by atoms with Crippen molar-refractivity contribution >= 4 is 0 Å². The highest BCUT2D eigenvalue weighted by atomic mass is 15.1. The first-order valence-corrected chi connectivity index (χ1v) is 7.91. The number of nitrogens with zero attached hydrogens (tertiary/aromatic N) is 1. The van der Waals surface area contributed by atoms with Gasteiger partial charge in [0, 0.05) is 12.1 Å². The first kappa shape index (κ1) is 16.0. The Balaban J connectivity index is 1.83. The van der Waals surface area contributed by atoms with E-state index in [9.17, 15) is 0 Å². The van der Waals surface area contributed by atoms with Crippen LogP contribution in [-0.4, -0.2) is 37.1 Å². The van der Waals surface area contributed by atoms with Crippen LogP contribution in [-0.2, 0) is 0 Å². The molecule has 2 nitrogen and oxygen atoms in total. The SMILES string of the molecule is CN(CCCCCCNC(C)(C)C)CC1CCC1. The monoisotopic (exact) mass is 254 g/mol. The van der Waals surface area contributed by atoms with E-state index in [4.69, 9.17) is 0 Å². The molecule has 0 amide bonds. The van der Waals surface area contributed by atoms with E-state index in [2.05, 4.69) is 38.0 Å². The standard InChI is InChI=1S/C16H34N2/c1-16(2,3)17-12-7-5-6-8-13-18(4)14-15-10-9-11-15/h15,17H,5-14H2,1-4H3. The summed E-state index contributed by atoms with van der Waals surface area (Å²) in [5.74, 6) is 1.02. The molecule has 0 atom stereocenters. The summed E-state index contributed by atoms with van der Waals surface area (Å²) in [6.45, 7) is 10.5. The van der Waals surface area contributed by atoms with Crippen molar-refractivity contribution in [2.75, 3.05) is 26.7 Å². The van der Waals surface area contributed by atoms with Gasteiger partial charge in [0.05, 0.1) is 0 Å². The Morgan fingerprint density at radius 3 is 2.28 bits per heavy atom. The van der Waals surface area contributed by atoms with Gasteiger partial charge < -0.3 is 10.2 Å². The van der Waals surface area contributed by atoms with Crippen molar-refractivity contribution in [2.45, 2.75) is 71.3 Å². The Morgan fingerprint density at radius 1 is 1.06 bits per heavy atom. The largest absolute Gasteiger partial charge is 0.312 e. The van der Waals surface area contributed by atoms with Crippen LogP contribution < -0.4 is 5.32 Å². The molecule has 2 heteroatoms. The summed E-state index contributed by atoms with van der Waals surface area (Å²) >= 11 is 0. The molecule has 0 radical (unpaired) electrons. The van der Waals surface area contributed by atoms with E-state index in [0.29, 0.717) is 0 Å². The van der Waals surface area contributed by atoms with E-state index >= 15 is 0 Å². The first-order chi connectivity index (χ1) is 8.47. The normalized spacial score (nSPS) is 17.2. The average molecular weight is 254 g/mol. The molecule has 0 aromatic heterocycles. The molecule has 0 spiro atoms. The lowest BCUT2D eigenvalue weighted by molar-refractivity contribution is 0.203. The van der Waals surface area contributed by atoms with Crippen molar-refractivity contribution in [3.63, 3.8) is 0 Å². The maximum atomic E-state index is 3.55. The van der Waals surface area contributed by atoms with Gasteiger partial charge in [-0.2, -0.15) is 0 Å². The van der Waals surface area contributed by atoms with Crippen molar-refractivity contribution in [3.8, 4) is 0 Å². The second kappa shape index (κ2) is 8.16.